The Hall–Kier alpha value is -2.88. The van der Waals surface area contributed by atoms with E-state index in [1.807, 2.05) is 6.07 Å². The van der Waals surface area contributed by atoms with Crippen LogP contribution in [0, 0.1) is 11.3 Å². The van der Waals surface area contributed by atoms with Crippen molar-refractivity contribution >= 4 is 11.9 Å². The number of rotatable bonds is 3. The van der Waals surface area contributed by atoms with E-state index in [1.54, 1.807) is 18.2 Å². The van der Waals surface area contributed by atoms with Gasteiger partial charge in [0.25, 0.3) is 5.91 Å². The summed E-state index contributed by atoms with van der Waals surface area (Å²) in [6.45, 7) is 0. The molecule has 0 spiro atoms. The van der Waals surface area contributed by atoms with Crippen LogP contribution in [-0.4, -0.2) is 28.2 Å². The number of methoxy groups -OCH3 is 1. The van der Waals surface area contributed by atoms with Crippen LogP contribution in [0.25, 0.3) is 0 Å². The number of hydrogen-bond donors (Lipinski definition) is 2. The number of nitrogens with one attached hydrogen (secondary N) is 2. The molecule has 1 heterocycles. The predicted molar refractivity (Wildman–Crippen MR) is 62.0 cm³/mol. The number of hydrogen-bond acceptors (Lipinski definition) is 5. The predicted octanol–water partition coefficient (Wildman–Crippen LogP) is 0.937. The molecule has 0 aliphatic rings. The quantitative estimate of drug-likeness (QED) is 0.834. The Morgan fingerprint density at radius 3 is 3.06 bits per heavy atom. The summed E-state index contributed by atoms with van der Waals surface area (Å²) in [5.74, 6) is -0.204. The Kier molecular flexibility index (Phi) is 3.20. The zero-order valence-electron chi connectivity index (χ0n) is 9.47. The molecular formula is C11H9N5O2. The summed E-state index contributed by atoms with van der Waals surface area (Å²) in [6, 6.07) is 8.44. The maximum atomic E-state index is 11.8. The van der Waals surface area contributed by atoms with Gasteiger partial charge in [-0.2, -0.15) is 10.2 Å². The molecule has 0 saturated heterocycles. The average Bonchev–Trinajstić information content (AvgIpc) is 2.86. The molecule has 0 aliphatic carbocycles. The number of carbonyl (C=O) groups excluding carboxylic acids is 1. The summed E-state index contributed by atoms with van der Waals surface area (Å²) < 4.78 is 4.77. The molecule has 18 heavy (non-hydrogen) atoms. The van der Waals surface area contributed by atoms with Crippen LogP contribution in [0.1, 0.15) is 15.9 Å². The number of benzene rings is 1. The van der Waals surface area contributed by atoms with Crippen LogP contribution in [0.2, 0.25) is 0 Å². The minimum absolute atomic E-state index is 0.135. The minimum atomic E-state index is -0.383. The first-order valence-electron chi connectivity index (χ1n) is 5.01. The minimum Gasteiger partial charge on any atom is -0.466 e. The van der Waals surface area contributed by atoms with Gasteiger partial charge in [-0.1, -0.05) is 6.07 Å². The Morgan fingerprint density at radius 1 is 1.56 bits per heavy atom. The number of nitrogens with zero attached hydrogens (tertiary/aromatic N) is 3. The summed E-state index contributed by atoms with van der Waals surface area (Å²) in [6.07, 6.45) is 0. The van der Waals surface area contributed by atoms with Gasteiger partial charge < -0.3 is 4.74 Å². The summed E-state index contributed by atoms with van der Waals surface area (Å²) in [4.78, 5) is 15.7. The Labute approximate surface area is 102 Å². The van der Waals surface area contributed by atoms with Gasteiger partial charge in [0.2, 0.25) is 5.95 Å². The van der Waals surface area contributed by atoms with Crippen LogP contribution in [-0.2, 0) is 0 Å². The molecule has 90 valence electrons. The molecule has 0 saturated carbocycles. The normalized spacial score (nSPS) is 9.56. The van der Waals surface area contributed by atoms with Gasteiger partial charge in [-0.15, -0.1) is 5.10 Å². The average molecular weight is 243 g/mol. The molecule has 0 fully saturated rings. The first-order chi connectivity index (χ1) is 8.72. The van der Waals surface area contributed by atoms with Crippen LogP contribution in [0.3, 0.4) is 0 Å². The number of H-pyrrole nitrogens is 1. The summed E-state index contributed by atoms with van der Waals surface area (Å²) in [5.41, 5.74) is 0.780. The SMILES string of the molecule is COc1n[nH]c(NC(=O)c2cccc(C#N)c2)n1. The van der Waals surface area contributed by atoms with Gasteiger partial charge in [0.15, 0.2) is 0 Å². The molecule has 1 aromatic carbocycles. The van der Waals surface area contributed by atoms with E-state index in [2.05, 4.69) is 20.5 Å². The third-order valence-corrected chi connectivity index (χ3v) is 2.13. The van der Waals surface area contributed by atoms with E-state index in [4.69, 9.17) is 10.00 Å². The highest BCUT2D eigenvalue weighted by atomic mass is 16.5. The second kappa shape index (κ2) is 4.97. The molecule has 1 aromatic heterocycles. The van der Waals surface area contributed by atoms with Gasteiger partial charge in [0.05, 0.1) is 18.7 Å². The molecule has 7 nitrogen and oxygen atoms in total. The van der Waals surface area contributed by atoms with Crippen molar-refractivity contribution in [2.75, 3.05) is 12.4 Å². The maximum absolute atomic E-state index is 11.8. The van der Waals surface area contributed by atoms with Crippen molar-refractivity contribution in [3.05, 3.63) is 35.4 Å². The van der Waals surface area contributed by atoms with E-state index >= 15 is 0 Å². The van der Waals surface area contributed by atoms with E-state index in [0.717, 1.165) is 0 Å². The Balaban J connectivity index is 2.14. The highest BCUT2D eigenvalue weighted by molar-refractivity contribution is 6.03. The summed E-state index contributed by atoms with van der Waals surface area (Å²) in [7, 11) is 1.42. The lowest BCUT2D eigenvalue weighted by molar-refractivity contribution is 0.102. The highest BCUT2D eigenvalue weighted by Gasteiger charge is 2.10. The van der Waals surface area contributed by atoms with Crippen LogP contribution in [0.5, 0.6) is 6.01 Å². The second-order valence-electron chi connectivity index (χ2n) is 3.32. The van der Waals surface area contributed by atoms with E-state index < -0.39 is 0 Å². The van der Waals surface area contributed by atoms with Crippen LogP contribution in [0.15, 0.2) is 24.3 Å². The van der Waals surface area contributed by atoms with Crippen molar-refractivity contribution in [2.45, 2.75) is 0 Å². The number of nitriles is 1. The topological polar surface area (TPSA) is 104 Å². The van der Waals surface area contributed by atoms with E-state index in [0.29, 0.717) is 11.1 Å². The van der Waals surface area contributed by atoms with Gasteiger partial charge in [-0.25, -0.2) is 5.10 Å². The van der Waals surface area contributed by atoms with Crippen molar-refractivity contribution in [3.63, 3.8) is 0 Å². The lowest BCUT2D eigenvalue weighted by atomic mass is 10.1. The molecule has 0 bridgehead atoms. The Bertz CT molecular complexity index is 614. The molecule has 0 atom stereocenters. The zero-order chi connectivity index (χ0) is 13.0. The number of aromatic amines is 1. The molecule has 2 rings (SSSR count). The summed E-state index contributed by atoms with van der Waals surface area (Å²) >= 11 is 0. The highest BCUT2D eigenvalue weighted by Crippen LogP contribution is 2.09. The first-order valence-corrected chi connectivity index (χ1v) is 5.01. The third-order valence-electron chi connectivity index (χ3n) is 2.13. The molecular weight excluding hydrogens is 234 g/mol. The van der Waals surface area contributed by atoms with Crippen molar-refractivity contribution in [1.82, 2.24) is 15.2 Å². The smallest absolute Gasteiger partial charge is 0.336 e. The zero-order valence-corrected chi connectivity index (χ0v) is 9.47. The fourth-order valence-corrected chi connectivity index (χ4v) is 1.30. The molecule has 7 heteroatoms. The fourth-order valence-electron chi connectivity index (χ4n) is 1.30. The van der Waals surface area contributed by atoms with Crippen molar-refractivity contribution in [1.29, 1.82) is 5.26 Å². The van der Waals surface area contributed by atoms with E-state index in [9.17, 15) is 4.79 Å². The number of ether oxygens (including phenoxy) is 1. The molecule has 0 aliphatic heterocycles. The van der Waals surface area contributed by atoms with E-state index in [-0.39, 0.29) is 17.9 Å². The van der Waals surface area contributed by atoms with Gasteiger partial charge in [-0.3, -0.25) is 10.1 Å². The number of amides is 1. The molecule has 2 aromatic rings. The third kappa shape index (κ3) is 2.44. The maximum Gasteiger partial charge on any atom is 0.336 e. The van der Waals surface area contributed by atoms with Gasteiger partial charge >= 0.3 is 6.01 Å². The molecule has 0 radical (unpaired) electrons. The standard InChI is InChI=1S/C11H9N5O2/c1-18-11-14-10(15-16-11)13-9(17)8-4-2-3-7(5-8)6-12/h2-5H,1H3,(H2,13,14,15,16,17). The van der Waals surface area contributed by atoms with Crippen molar-refractivity contribution < 1.29 is 9.53 Å². The Morgan fingerprint density at radius 2 is 2.39 bits per heavy atom. The number of anilines is 1. The van der Waals surface area contributed by atoms with Gasteiger partial charge in [-0.05, 0) is 18.2 Å². The molecule has 1 amide bonds. The molecule has 0 unspecified atom stereocenters. The lowest BCUT2D eigenvalue weighted by Gasteiger charge is -2.01. The van der Waals surface area contributed by atoms with Gasteiger partial charge in [0.1, 0.15) is 0 Å². The van der Waals surface area contributed by atoms with Crippen LogP contribution >= 0.6 is 0 Å². The van der Waals surface area contributed by atoms with Crippen LogP contribution in [0.4, 0.5) is 5.95 Å². The second-order valence-corrected chi connectivity index (χ2v) is 3.32. The number of aromatic nitrogens is 3. The fraction of sp³-hybridized carbons (Fsp3) is 0.0909. The summed E-state index contributed by atoms with van der Waals surface area (Å²) in [5, 5.41) is 17.4. The lowest BCUT2D eigenvalue weighted by Crippen LogP contribution is -2.13. The van der Waals surface area contributed by atoms with Crippen LogP contribution < -0.4 is 10.1 Å². The van der Waals surface area contributed by atoms with Crippen molar-refractivity contribution in [3.8, 4) is 12.1 Å². The molecule has 2 N–H and O–H groups in total. The monoisotopic (exact) mass is 243 g/mol. The van der Waals surface area contributed by atoms with Crippen molar-refractivity contribution in [2.24, 2.45) is 0 Å². The van der Waals surface area contributed by atoms with E-state index in [1.165, 1.54) is 13.2 Å². The van der Waals surface area contributed by atoms with Gasteiger partial charge in [0, 0.05) is 5.56 Å². The first kappa shape index (κ1) is 11.6. The largest absolute Gasteiger partial charge is 0.466 e. The number of carbonyl (C=O) groups is 1.